The van der Waals surface area contributed by atoms with Crippen molar-refractivity contribution in [2.75, 3.05) is 0 Å². The first-order chi connectivity index (χ1) is 3.71. The Hall–Kier alpha value is 0.0569. The van der Waals surface area contributed by atoms with Crippen molar-refractivity contribution in [2.24, 2.45) is 16.2 Å². The summed E-state index contributed by atoms with van der Waals surface area (Å²) >= 11 is 0. The van der Waals surface area contributed by atoms with Gasteiger partial charge >= 0.3 is 8.80 Å². The molecule has 56 valence electrons. The van der Waals surface area contributed by atoms with Gasteiger partial charge in [0.15, 0.2) is 0 Å². The normalized spacial score (nSPS) is 14.0. The second-order valence-corrected chi connectivity index (χ2v) is 4.98. The molecule has 4 nitrogen and oxygen atoms in total. The van der Waals surface area contributed by atoms with Crippen LogP contribution in [0.1, 0.15) is 20.8 Å². The van der Waals surface area contributed by atoms with Crippen LogP contribution in [-0.4, -0.2) is 14.4 Å². The molecule has 0 unspecified atom stereocenters. The molecule has 5 heteroatoms. The molecule has 0 bridgehead atoms. The first-order valence-electron chi connectivity index (χ1n) is 2.77. The van der Waals surface area contributed by atoms with Crippen molar-refractivity contribution >= 4 is 8.80 Å². The summed E-state index contributed by atoms with van der Waals surface area (Å²) in [5, 5.41) is 15.9. The lowest BCUT2D eigenvalue weighted by Crippen LogP contribution is -2.69. The van der Waals surface area contributed by atoms with Crippen molar-refractivity contribution in [3.63, 3.8) is 0 Å². The van der Waals surface area contributed by atoms with E-state index in [2.05, 4.69) is 0 Å². The maximum Gasteiger partial charge on any atom is 0.432 e. The Kier molecular flexibility index (Phi) is 2.37. The fraction of sp³-hybridized carbons (Fsp3) is 1.00. The highest BCUT2D eigenvalue weighted by Crippen LogP contribution is 2.06. The molecule has 0 saturated carbocycles. The molecule has 0 atom stereocenters. The van der Waals surface area contributed by atoms with E-state index in [1.54, 1.807) is 0 Å². The molecule has 0 aliphatic rings. The van der Waals surface area contributed by atoms with Gasteiger partial charge in [-0.05, 0) is 20.8 Å². The highest BCUT2D eigenvalue weighted by atomic mass is 28.4. The number of nitrogens with two attached hydrogens (primary N) is 3. The van der Waals surface area contributed by atoms with Crippen molar-refractivity contribution in [2.45, 2.75) is 26.4 Å². The fourth-order valence-corrected chi connectivity index (χ4v) is 1.59. The third-order valence-corrected chi connectivity index (χ3v) is 1.45. The van der Waals surface area contributed by atoms with E-state index in [1.165, 1.54) is 0 Å². The lowest BCUT2D eigenvalue weighted by Gasteiger charge is -2.26. The SMILES string of the molecule is CC(C)(C)O[Si](N)(N)N. The maximum atomic E-state index is 5.29. The van der Waals surface area contributed by atoms with Crippen LogP contribution in [-0.2, 0) is 4.43 Å². The van der Waals surface area contributed by atoms with Crippen LogP contribution in [0.4, 0.5) is 0 Å². The van der Waals surface area contributed by atoms with Gasteiger partial charge in [-0.1, -0.05) is 0 Å². The van der Waals surface area contributed by atoms with Crippen LogP contribution >= 0.6 is 0 Å². The van der Waals surface area contributed by atoms with Gasteiger partial charge in [0.2, 0.25) is 0 Å². The van der Waals surface area contributed by atoms with E-state index in [4.69, 9.17) is 20.6 Å². The Morgan fingerprint density at radius 3 is 1.44 bits per heavy atom. The van der Waals surface area contributed by atoms with Gasteiger partial charge in [-0.25, -0.2) is 0 Å². The van der Waals surface area contributed by atoms with E-state index in [0.29, 0.717) is 0 Å². The van der Waals surface area contributed by atoms with E-state index in [9.17, 15) is 0 Å². The molecule has 0 fully saturated rings. The summed E-state index contributed by atoms with van der Waals surface area (Å²) in [6, 6.07) is 0. The number of hydrogen-bond acceptors (Lipinski definition) is 4. The van der Waals surface area contributed by atoms with Crippen LogP contribution < -0.4 is 16.2 Å². The summed E-state index contributed by atoms with van der Waals surface area (Å²) in [5.74, 6) is 0. The second kappa shape index (κ2) is 2.35. The van der Waals surface area contributed by atoms with Crippen molar-refractivity contribution < 1.29 is 4.43 Å². The summed E-state index contributed by atoms with van der Waals surface area (Å²) in [5.41, 5.74) is -0.329. The van der Waals surface area contributed by atoms with Crippen LogP contribution in [0.3, 0.4) is 0 Å². The second-order valence-electron chi connectivity index (χ2n) is 3.07. The topological polar surface area (TPSA) is 87.3 Å². The van der Waals surface area contributed by atoms with E-state index < -0.39 is 8.80 Å². The monoisotopic (exact) mass is 149 g/mol. The van der Waals surface area contributed by atoms with Crippen molar-refractivity contribution in [1.82, 2.24) is 0 Å². The lowest BCUT2D eigenvalue weighted by molar-refractivity contribution is 0.116. The van der Waals surface area contributed by atoms with Gasteiger partial charge in [-0.3, -0.25) is 0 Å². The highest BCUT2D eigenvalue weighted by molar-refractivity contribution is 6.63. The average Bonchev–Trinajstić information content (AvgIpc) is 1.14. The summed E-state index contributed by atoms with van der Waals surface area (Å²) in [6.45, 7) is 5.59. The summed E-state index contributed by atoms with van der Waals surface area (Å²) < 4.78 is 5.10. The van der Waals surface area contributed by atoms with Gasteiger partial charge < -0.3 is 20.6 Å². The predicted molar refractivity (Wildman–Crippen MR) is 39.2 cm³/mol. The zero-order valence-corrected chi connectivity index (χ0v) is 7.14. The Balaban J connectivity index is 3.75. The molecule has 0 saturated heterocycles. The molecule has 0 radical (unpaired) electrons. The van der Waals surface area contributed by atoms with E-state index >= 15 is 0 Å². The Labute approximate surface area is 56.7 Å². The number of hydrogen-bond donors (Lipinski definition) is 3. The van der Waals surface area contributed by atoms with Crippen LogP contribution in [0, 0.1) is 0 Å². The van der Waals surface area contributed by atoms with Gasteiger partial charge in [0.05, 0.1) is 5.60 Å². The largest absolute Gasteiger partial charge is 0.432 e. The molecule has 0 spiro atoms. The minimum absolute atomic E-state index is 0.329. The molecule has 6 N–H and O–H groups in total. The summed E-state index contributed by atoms with van der Waals surface area (Å²) in [6.07, 6.45) is 0. The lowest BCUT2D eigenvalue weighted by atomic mass is 10.2. The average molecular weight is 149 g/mol. The minimum Gasteiger partial charge on any atom is -0.375 e. The van der Waals surface area contributed by atoms with Gasteiger partial charge in [-0.2, -0.15) is 0 Å². The molecule has 0 heterocycles. The van der Waals surface area contributed by atoms with Crippen molar-refractivity contribution in [1.29, 1.82) is 0 Å². The summed E-state index contributed by atoms with van der Waals surface area (Å²) in [7, 11) is -2.79. The van der Waals surface area contributed by atoms with Crippen LogP contribution in [0.2, 0.25) is 0 Å². The molecule has 9 heavy (non-hydrogen) atoms. The zero-order valence-electron chi connectivity index (χ0n) is 6.14. The Bertz CT molecular complexity index is 81.0. The highest BCUT2D eigenvalue weighted by Gasteiger charge is 2.26. The standard InChI is InChI=1S/C4H15N3OSi/c1-4(2,3)8-9(5,6)7/h5-7H2,1-3H3. The molecule has 0 aliphatic heterocycles. The third kappa shape index (κ3) is 8.06. The molecule has 0 amide bonds. The Morgan fingerprint density at radius 2 is 1.44 bits per heavy atom. The minimum atomic E-state index is -2.79. The Morgan fingerprint density at radius 1 is 1.11 bits per heavy atom. The van der Waals surface area contributed by atoms with Crippen molar-refractivity contribution in [3.8, 4) is 0 Å². The van der Waals surface area contributed by atoms with Crippen molar-refractivity contribution in [3.05, 3.63) is 0 Å². The van der Waals surface area contributed by atoms with Gasteiger partial charge in [-0.15, -0.1) is 0 Å². The van der Waals surface area contributed by atoms with Gasteiger partial charge in [0, 0.05) is 0 Å². The number of rotatable bonds is 1. The molecule has 0 aromatic rings. The van der Waals surface area contributed by atoms with Crippen LogP contribution in [0.5, 0.6) is 0 Å². The van der Waals surface area contributed by atoms with Crippen LogP contribution in [0.15, 0.2) is 0 Å². The zero-order chi connectivity index (χ0) is 7.71. The molecular formula is C4H15N3OSi. The van der Waals surface area contributed by atoms with E-state index in [1.807, 2.05) is 20.8 Å². The first-order valence-corrected chi connectivity index (χ1v) is 4.91. The maximum absolute atomic E-state index is 5.29. The third-order valence-electron chi connectivity index (χ3n) is 0.483. The van der Waals surface area contributed by atoms with E-state index in [-0.39, 0.29) is 5.60 Å². The summed E-state index contributed by atoms with van der Waals surface area (Å²) in [4.78, 5) is 0. The predicted octanol–water partition coefficient (Wildman–Crippen LogP) is -0.887. The molecular weight excluding hydrogens is 134 g/mol. The quantitative estimate of drug-likeness (QED) is 0.422. The van der Waals surface area contributed by atoms with E-state index in [0.717, 1.165) is 0 Å². The molecule has 0 aromatic carbocycles. The van der Waals surface area contributed by atoms with Crippen LogP contribution in [0.25, 0.3) is 0 Å². The van der Waals surface area contributed by atoms with Gasteiger partial charge in [0.1, 0.15) is 0 Å². The fourth-order valence-electron chi connectivity index (χ4n) is 0.530. The first kappa shape index (κ1) is 9.06. The smallest absolute Gasteiger partial charge is 0.375 e. The van der Waals surface area contributed by atoms with Gasteiger partial charge in [0.25, 0.3) is 0 Å². The molecule has 0 aliphatic carbocycles. The molecule has 0 aromatic heterocycles. The molecule has 0 rings (SSSR count).